The Kier molecular flexibility index (Phi) is 6.61. The summed E-state index contributed by atoms with van der Waals surface area (Å²) in [5.41, 5.74) is 1.50. The van der Waals surface area contributed by atoms with Crippen LogP contribution in [0.1, 0.15) is 29.6 Å². The summed E-state index contributed by atoms with van der Waals surface area (Å²) in [6.07, 6.45) is 3.73. The molecule has 6 nitrogen and oxygen atoms in total. The summed E-state index contributed by atoms with van der Waals surface area (Å²) >= 11 is 1.66. The second-order valence-corrected chi connectivity index (χ2v) is 8.92. The van der Waals surface area contributed by atoms with Crippen molar-refractivity contribution >= 4 is 35.2 Å². The summed E-state index contributed by atoms with van der Waals surface area (Å²) in [5.74, 6) is -0.331. The van der Waals surface area contributed by atoms with Crippen molar-refractivity contribution in [1.29, 1.82) is 0 Å². The average molecular weight is 438 g/mol. The average Bonchev–Trinajstić information content (AvgIpc) is 3.21. The first kappa shape index (κ1) is 21.4. The molecule has 2 aliphatic heterocycles. The Morgan fingerprint density at radius 1 is 1.00 bits per heavy atom. The first-order chi connectivity index (χ1) is 15.0. The van der Waals surface area contributed by atoms with Crippen molar-refractivity contribution in [1.82, 2.24) is 10.2 Å². The Morgan fingerprint density at radius 2 is 1.68 bits per heavy atom. The molecule has 2 heterocycles. The van der Waals surface area contributed by atoms with Gasteiger partial charge in [0.1, 0.15) is 0 Å². The number of carbonyl (C=O) groups excluding carboxylic acids is 3. The molecule has 0 bridgehead atoms. The first-order valence-corrected chi connectivity index (χ1v) is 11.9. The molecule has 2 fully saturated rings. The van der Waals surface area contributed by atoms with Crippen LogP contribution in [0.3, 0.4) is 0 Å². The molecule has 2 aromatic rings. The number of anilines is 1. The fraction of sp³-hybridized carbons (Fsp3) is 0.375. The summed E-state index contributed by atoms with van der Waals surface area (Å²) in [4.78, 5) is 42.6. The summed E-state index contributed by atoms with van der Waals surface area (Å²) in [7, 11) is 0. The van der Waals surface area contributed by atoms with E-state index in [1.54, 1.807) is 28.8 Å². The zero-order chi connectivity index (χ0) is 21.8. The maximum atomic E-state index is 13.0. The Hall–Kier alpha value is -2.80. The van der Waals surface area contributed by atoms with Crippen LogP contribution >= 0.6 is 11.8 Å². The summed E-state index contributed by atoms with van der Waals surface area (Å²) in [6.45, 7) is 1.64. The molecule has 2 aromatic carbocycles. The minimum absolute atomic E-state index is 0.000243. The van der Waals surface area contributed by atoms with Crippen LogP contribution in [0.2, 0.25) is 0 Å². The highest BCUT2D eigenvalue weighted by Crippen LogP contribution is 2.28. The minimum atomic E-state index is -0.303. The molecule has 0 aliphatic carbocycles. The van der Waals surface area contributed by atoms with Crippen LogP contribution in [0.5, 0.6) is 0 Å². The fourth-order valence-corrected chi connectivity index (χ4v) is 4.65. The van der Waals surface area contributed by atoms with Gasteiger partial charge in [0, 0.05) is 48.2 Å². The van der Waals surface area contributed by atoms with Gasteiger partial charge in [0.05, 0.1) is 5.92 Å². The monoisotopic (exact) mass is 437 g/mol. The molecule has 4 rings (SSSR count). The molecule has 3 amide bonds. The highest BCUT2D eigenvalue weighted by molar-refractivity contribution is 7.98. The van der Waals surface area contributed by atoms with E-state index in [-0.39, 0.29) is 36.1 Å². The number of thioether (sulfide) groups is 1. The van der Waals surface area contributed by atoms with Crippen LogP contribution in [0.4, 0.5) is 5.69 Å². The van der Waals surface area contributed by atoms with Crippen LogP contribution in [0.15, 0.2) is 59.5 Å². The topological polar surface area (TPSA) is 69.7 Å². The Morgan fingerprint density at radius 3 is 2.32 bits per heavy atom. The Labute approximate surface area is 187 Å². The van der Waals surface area contributed by atoms with Gasteiger partial charge < -0.3 is 15.1 Å². The maximum Gasteiger partial charge on any atom is 0.251 e. The normalized spacial score (nSPS) is 19.5. The maximum absolute atomic E-state index is 13.0. The van der Waals surface area contributed by atoms with Gasteiger partial charge in [-0.3, -0.25) is 14.4 Å². The molecule has 7 heteroatoms. The number of piperidine rings is 1. The molecule has 162 valence electrons. The lowest BCUT2D eigenvalue weighted by molar-refractivity contribution is -0.136. The molecule has 0 radical (unpaired) electrons. The van der Waals surface area contributed by atoms with Gasteiger partial charge in [0.2, 0.25) is 11.8 Å². The second kappa shape index (κ2) is 9.56. The van der Waals surface area contributed by atoms with Crippen molar-refractivity contribution in [2.75, 3.05) is 30.8 Å². The smallest absolute Gasteiger partial charge is 0.251 e. The van der Waals surface area contributed by atoms with Gasteiger partial charge >= 0.3 is 0 Å². The van der Waals surface area contributed by atoms with E-state index in [4.69, 9.17) is 0 Å². The molecule has 2 aliphatic rings. The van der Waals surface area contributed by atoms with Gasteiger partial charge in [0.15, 0.2) is 0 Å². The quantitative estimate of drug-likeness (QED) is 0.730. The standard InChI is InChI=1S/C24H27N3O3S/c1-31-21-9-7-20(8-10-21)27-16-18(15-22(27)28)24(30)26-13-11-19(12-14-26)25-23(29)17-5-3-2-4-6-17/h2-10,18-19H,11-16H2,1H3,(H,25,29). The van der Waals surface area contributed by atoms with Crippen LogP contribution < -0.4 is 10.2 Å². The summed E-state index contributed by atoms with van der Waals surface area (Å²) < 4.78 is 0. The van der Waals surface area contributed by atoms with E-state index < -0.39 is 0 Å². The molecule has 2 saturated heterocycles. The predicted molar refractivity (Wildman–Crippen MR) is 122 cm³/mol. The number of hydrogen-bond donors (Lipinski definition) is 1. The minimum Gasteiger partial charge on any atom is -0.349 e. The number of nitrogens with one attached hydrogen (secondary N) is 1. The van der Waals surface area contributed by atoms with E-state index in [9.17, 15) is 14.4 Å². The zero-order valence-electron chi connectivity index (χ0n) is 17.6. The SMILES string of the molecule is CSc1ccc(N2CC(C(=O)N3CCC(NC(=O)c4ccccc4)CC3)CC2=O)cc1. The van der Waals surface area contributed by atoms with Crippen LogP contribution in [0, 0.1) is 5.92 Å². The molecular formula is C24H27N3O3S. The lowest BCUT2D eigenvalue weighted by atomic mass is 10.0. The predicted octanol–water partition coefficient (Wildman–Crippen LogP) is 3.18. The second-order valence-electron chi connectivity index (χ2n) is 8.04. The van der Waals surface area contributed by atoms with Gasteiger partial charge in [-0.2, -0.15) is 0 Å². The van der Waals surface area contributed by atoms with Gasteiger partial charge in [-0.05, 0) is 55.5 Å². The van der Waals surface area contributed by atoms with Crippen molar-refractivity contribution in [3.05, 3.63) is 60.2 Å². The number of carbonyl (C=O) groups is 3. The third kappa shape index (κ3) is 4.93. The number of likely N-dealkylation sites (tertiary alicyclic amines) is 1. The van der Waals surface area contributed by atoms with Crippen LogP contribution in [-0.4, -0.2) is 54.6 Å². The molecular weight excluding hydrogens is 410 g/mol. The summed E-state index contributed by atoms with van der Waals surface area (Å²) in [5, 5.41) is 3.07. The van der Waals surface area contributed by atoms with E-state index in [0.717, 1.165) is 23.4 Å². The zero-order valence-corrected chi connectivity index (χ0v) is 18.4. The molecule has 1 unspecified atom stereocenters. The van der Waals surface area contributed by atoms with Crippen LogP contribution in [0.25, 0.3) is 0 Å². The number of rotatable bonds is 5. The van der Waals surface area contributed by atoms with Crippen molar-refractivity contribution in [2.24, 2.45) is 5.92 Å². The van der Waals surface area contributed by atoms with E-state index in [2.05, 4.69) is 5.32 Å². The van der Waals surface area contributed by atoms with E-state index in [1.165, 1.54) is 0 Å². The highest BCUT2D eigenvalue weighted by atomic mass is 32.2. The van der Waals surface area contributed by atoms with Gasteiger partial charge in [-0.15, -0.1) is 11.8 Å². The molecule has 0 aromatic heterocycles. The van der Waals surface area contributed by atoms with Crippen molar-refractivity contribution in [3.8, 4) is 0 Å². The third-order valence-corrected chi connectivity index (χ3v) is 6.78. The largest absolute Gasteiger partial charge is 0.349 e. The number of benzene rings is 2. The molecule has 0 saturated carbocycles. The molecule has 1 N–H and O–H groups in total. The van der Waals surface area contributed by atoms with Gasteiger partial charge in [0.25, 0.3) is 5.91 Å². The first-order valence-electron chi connectivity index (χ1n) is 10.6. The van der Waals surface area contributed by atoms with Crippen molar-refractivity contribution in [3.63, 3.8) is 0 Å². The summed E-state index contributed by atoms with van der Waals surface area (Å²) in [6, 6.07) is 17.1. The number of hydrogen-bond acceptors (Lipinski definition) is 4. The molecule has 1 atom stereocenters. The Balaban J connectivity index is 1.29. The van der Waals surface area contributed by atoms with Gasteiger partial charge in [-0.25, -0.2) is 0 Å². The Bertz CT molecular complexity index is 940. The number of amides is 3. The number of nitrogens with zero attached hydrogens (tertiary/aromatic N) is 2. The van der Waals surface area contributed by atoms with Crippen molar-refractivity contribution < 1.29 is 14.4 Å². The lowest BCUT2D eigenvalue weighted by Crippen LogP contribution is -2.48. The van der Waals surface area contributed by atoms with E-state index >= 15 is 0 Å². The highest BCUT2D eigenvalue weighted by Gasteiger charge is 2.38. The van der Waals surface area contributed by atoms with Crippen LogP contribution in [-0.2, 0) is 9.59 Å². The molecule has 31 heavy (non-hydrogen) atoms. The fourth-order valence-electron chi connectivity index (χ4n) is 4.25. The van der Waals surface area contributed by atoms with E-state index in [0.29, 0.717) is 25.2 Å². The lowest BCUT2D eigenvalue weighted by Gasteiger charge is -2.33. The molecule has 0 spiro atoms. The van der Waals surface area contributed by atoms with Gasteiger partial charge in [-0.1, -0.05) is 18.2 Å². The van der Waals surface area contributed by atoms with E-state index in [1.807, 2.05) is 53.6 Å². The van der Waals surface area contributed by atoms with Crippen molar-refractivity contribution in [2.45, 2.75) is 30.2 Å². The third-order valence-electron chi connectivity index (χ3n) is 6.04.